The van der Waals surface area contributed by atoms with Crippen molar-refractivity contribution in [2.24, 2.45) is 4.99 Å². The Morgan fingerprint density at radius 2 is 1.95 bits per heavy atom. The summed E-state index contributed by atoms with van der Waals surface area (Å²) in [5, 5.41) is 5.75. The van der Waals surface area contributed by atoms with Crippen LogP contribution in [0.15, 0.2) is 71.5 Å². The number of carbonyl (C=O) groups is 2. The fourth-order valence-corrected chi connectivity index (χ4v) is 4.37. The minimum Gasteiger partial charge on any atom is -0.480 e. The van der Waals surface area contributed by atoms with E-state index in [1.54, 1.807) is 12.3 Å². The second-order valence-corrected chi connectivity index (χ2v) is 9.34. The largest absolute Gasteiger partial charge is 0.480 e. The Morgan fingerprint density at radius 1 is 1.13 bits per heavy atom. The zero-order chi connectivity index (χ0) is 26.9. The fraction of sp³-hybridized carbons (Fsp3) is 0.214. The first-order chi connectivity index (χ1) is 18.9. The number of nitrogens with zero attached hydrogens (tertiary/aromatic N) is 3. The van der Waals surface area contributed by atoms with Crippen molar-refractivity contribution < 1.29 is 27.8 Å². The van der Waals surface area contributed by atoms with Crippen molar-refractivity contribution in [3.05, 3.63) is 83.7 Å². The summed E-state index contributed by atoms with van der Waals surface area (Å²) < 4.78 is 40.2. The predicted molar refractivity (Wildman–Crippen MR) is 139 cm³/mol. The summed E-state index contributed by atoms with van der Waals surface area (Å²) in [6.45, 7) is 3.48. The molecule has 0 aliphatic carbocycles. The van der Waals surface area contributed by atoms with Crippen LogP contribution in [0, 0.1) is 11.6 Å². The molecule has 0 bridgehead atoms. The standard InChI is InChI=1S/C28H23F2N5O4/c29-17-3-1-16(2-4-17)20-13-31-14-21(25(20)36)28(37)34-18-5-6-23(22(30)11-18)39-24-7-8-32-27-26(24)38-19(12-33-27)15-35-9-10-35/h1-8,11,13-14,19-20H,9-10,12,15H2,(H,32,33)(H,34,37). The van der Waals surface area contributed by atoms with Gasteiger partial charge in [-0.2, -0.15) is 0 Å². The van der Waals surface area contributed by atoms with Crippen molar-refractivity contribution in [2.75, 3.05) is 36.8 Å². The van der Waals surface area contributed by atoms with Crippen LogP contribution in [-0.2, 0) is 9.59 Å². The van der Waals surface area contributed by atoms with Crippen LogP contribution in [0.4, 0.5) is 20.3 Å². The van der Waals surface area contributed by atoms with Gasteiger partial charge >= 0.3 is 0 Å². The molecule has 1 amide bonds. The highest BCUT2D eigenvalue weighted by Gasteiger charge is 2.30. The van der Waals surface area contributed by atoms with Crippen LogP contribution >= 0.6 is 0 Å². The third kappa shape index (κ3) is 5.34. The molecule has 3 aromatic rings. The number of halogens is 2. The van der Waals surface area contributed by atoms with Gasteiger partial charge in [0, 0.05) is 56.1 Å². The maximum Gasteiger partial charge on any atom is 0.260 e. The second kappa shape index (κ2) is 10.3. The van der Waals surface area contributed by atoms with Crippen molar-refractivity contribution >= 4 is 29.4 Å². The van der Waals surface area contributed by atoms with Crippen LogP contribution < -0.4 is 20.1 Å². The van der Waals surface area contributed by atoms with Crippen LogP contribution in [0.2, 0.25) is 0 Å². The van der Waals surface area contributed by atoms with Gasteiger partial charge in [-0.05, 0) is 29.8 Å². The Balaban J connectivity index is 1.14. The molecule has 39 heavy (non-hydrogen) atoms. The first kappa shape index (κ1) is 24.7. The molecule has 3 aliphatic heterocycles. The van der Waals surface area contributed by atoms with Gasteiger partial charge in [-0.25, -0.2) is 13.8 Å². The molecule has 1 fully saturated rings. The average Bonchev–Trinajstić information content (AvgIpc) is 3.75. The number of benzene rings is 2. The summed E-state index contributed by atoms with van der Waals surface area (Å²) in [4.78, 5) is 36.3. The van der Waals surface area contributed by atoms with E-state index in [2.05, 4.69) is 25.5 Å². The maximum atomic E-state index is 15.0. The average molecular weight is 532 g/mol. The highest BCUT2D eigenvalue weighted by Crippen LogP contribution is 2.40. The number of pyridine rings is 1. The summed E-state index contributed by atoms with van der Waals surface area (Å²) in [5.74, 6) is -2.07. The van der Waals surface area contributed by atoms with E-state index in [1.165, 1.54) is 42.6 Å². The van der Waals surface area contributed by atoms with Gasteiger partial charge in [0.1, 0.15) is 17.5 Å². The normalized spacial score (nSPS) is 19.8. The fourth-order valence-electron chi connectivity index (χ4n) is 4.37. The van der Waals surface area contributed by atoms with Crippen LogP contribution in [0.5, 0.6) is 17.2 Å². The van der Waals surface area contributed by atoms with Crippen molar-refractivity contribution in [1.29, 1.82) is 0 Å². The Hall–Kier alpha value is -4.64. The number of hydrogen-bond donors (Lipinski definition) is 2. The molecule has 2 atom stereocenters. The molecule has 1 aromatic heterocycles. The summed E-state index contributed by atoms with van der Waals surface area (Å²) in [6.07, 6.45) is 4.00. The van der Waals surface area contributed by atoms with Crippen LogP contribution in [0.25, 0.3) is 0 Å². The van der Waals surface area contributed by atoms with Gasteiger partial charge in [-0.15, -0.1) is 0 Å². The Morgan fingerprint density at radius 3 is 2.72 bits per heavy atom. The van der Waals surface area contributed by atoms with Gasteiger partial charge in [0.2, 0.25) is 5.75 Å². The van der Waals surface area contributed by atoms with E-state index in [-0.39, 0.29) is 23.1 Å². The molecule has 0 spiro atoms. The van der Waals surface area contributed by atoms with Crippen molar-refractivity contribution in [3.8, 4) is 17.2 Å². The number of fused-ring (bicyclic) bond motifs is 1. The first-order valence-electron chi connectivity index (χ1n) is 12.4. The van der Waals surface area contributed by atoms with Gasteiger partial charge in [-0.1, -0.05) is 12.1 Å². The Labute approximate surface area is 222 Å². The molecule has 4 heterocycles. The molecule has 0 saturated carbocycles. The number of hydrogen-bond acceptors (Lipinski definition) is 8. The molecule has 11 heteroatoms. The van der Waals surface area contributed by atoms with E-state index >= 15 is 4.39 Å². The third-order valence-electron chi connectivity index (χ3n) is 6.52. The summed E-state index contributed by atoms with van der Waals surface area (Å²) in [6, 6.07) is 10.9. The molecule has 2 unspecified atom stereocenters. The number of Topliss-reactive ketones (excluding diaryl/α,β-unsaturated/α-hetero) is 1. The first-order valence-corrected chi connectivity index (χ1v) is 12.4. The SMILES string of the molecule is O=C(Nc1ccc(Oc2ccnc3c2OC(CN2CC2)CN3)c(F)c1)C1=CN=CC(c2ccc(F)cc2)C1=O. The molecule has 0 radical (unpaired) electrons. The molecular weight excluding hydrogens is 508 g/mol. The number of carbonyl (C=O) groups excluding carboxylic acids is 2. The molecule has 1 saturated heterocycles. The third-order valence-corrected chi connectivity index (χ3v) is 6.52. The summed E-state index contributed by atoms with van der Waals surface area (Å²) in [5.41, 5.74) is 0.433. The van der Waals surface area contributed by atoms with Crippen LogP contribution in [0.3, 0.4) is 0 Å². The minimum atomic E-state index is -0.826. The zero-order valence-corrected chi connectivity index (χ0v) is 20.6. The van der Waals surface area contributed by atoms with Gasteiger partial charge in [0.05, 0.1) is 12.5 Å². The highest BCUT2D eigenvalue weighted by molar-refractivity contribution is 6.29. The zero-order valence-electron chi connectivity index (χ0n) is 20.6. The van der Waals surface area contributed by atoms with Crippen molar-refractivity contribution in [1.82, 2.24) is 9.88 Å². The topological polar surface area (TPSA) is 105 Å². The van der Waals surface area contributed by atoms with E-state index in [1.807, 2.05) is 0 Å². The van der Waals surface area contributed by atoms with E-state index < -0.39 is 29.2 Å². The monoisotopic (exact) mass is 531 g/mol. The number of ketones is 1. The molecule has 198 valence electrons. The molecule has 6 rings (SSSR count). The number of amides is 1. The molecule has 3 aliphatic rings. The highest BCUT2D eigenvalue weighted by atomic mass is 19.1. The molecular formula is C28H23F2N5O4. The summed E-state index contributed by atoms with van der Waals surface area (Å²) >= 11 is 0. The molecule has 9 nitrogen and oxygen atoms in total. The lowest BCUT2D eigenvalue weighted by molar-refractivity contribution is -0.120. The smallest absolute Gasteiger partial charge is 0.260 e. The maximum absolute atomic E-state index is 15.0. The number of aromatic nitrogens is 1. The van der Waals surface area contributed by atoms with Gasteiger partial charge < -0.3 is 20.1 Å². The van der Waals surface area contributed by atoms with E-state index in [0.717, 1.165) is 31.9 Å². The lowest BCUT2D eigenvalue weighted by atomic mass is 9.90. The predicted octanol–water partition coefficient (Wildman–Crippen LogP) is 3.90. The van der Waals surface area contributed by atoms with Gasteiger partial charge in [-0.3, -0.25) is 19.5 Å². The number of rotatable bonds is 7. The lowest BCUT2D eigenvalue weighted by Gasteiger charge is -2.28. The van der Waals surface area contributed by atoms with Gasteiger partial charge in [0.25, 0.3) is 5.91 Å². The van der Waals surface area contributed by atoms with Crippen LogP contribution in [0.1, 0.15) is 11.5 Å². The van der Waals surface area contributed by atoms with E-state index in [9.17, 15) is 14.0 Å². The summed E-state index contributed by atoms with van der Waals surface area (Å²) in [7, 11) is 0. The minimum absolute atomic E-state index is 0.0769. The number of nitrogens with one attached hydrogen (secondary N) is 2. The van der Waals surface area contributed by atoms with E-state index in [0.29, 0.717) is 29.4 Å². The molecule has 2 N–H and O–H groups in total. The Bertz CT molecular complexity index is 1500. The number of anilines is 2. The van der Waals surface area contributed by atoms with Crippen molar-refractivity contribution in [2.45, 2.75) is 12.0 Å². The second-order valence-electron chi connectivity index (χ2n) is 9.34. The number of ether oxygens (including phenoxy) is 2. The number of aliphatic imine (C=N–C) groups is 1. The quantitative estimate of drug-likeness (QED) is 0.352. The Kier molecular flexibility index (Phi) is 6.49. The molecule has 2 aromatic carbocycles. The van der Waals surface area contributed by atoms with E-state index in [4.69, 9.17) is 9.47 Å². The van der Waals surface area contributed by atoms with Crippen LogP contribution in [-0.4, -0.2) is 60.1 Å². The lowest BCUT2D eigenvalue weighted by Crippen LogP contribution is -2.36. The van der Waals surface area contributed by atoms with Gasteiger partial charge in [0.15, 0.2) is 28.9 Å². The van der Waals surface area contributed by atoms with Crippen molar-refractivity contribution in [3.63, 3.8) is 0 Å².